The highest BCUT2D eigenvalue weighted by Crippen LogP contribution is 2.20. The van der Waals surface area contributed by atoms with Gasteiger partial charge in [-0.2, -0.15) is 0 Å². The predicted molar refractivity (Wildman–Crippen MR) is 95.1 cm³/mol. The number of benzene rings is 1. The van der Waals surface area contributed by atoms with Crippen LogP contribution in [-0.2, 0) is 13.1 Å². The maximum atomic E-state index is 4.45. The lowest BCUT2D eigenvalue weighted by Crippen LogP contribution is -2.44. The summed E-state index contributed by atoms with van der Waals surface area (Å²) in [5.41, 5.74) is 2.60. The van der Waals surface area contributed by atoms with Gasteiger partial charge >= 0.3 is 0 Å². The fourth-order valence-corrected chi connectivity index (χ4v) is 3.48. The summed E-state index contributed by atoms with van der Waals surface area (Å²) in [6.07, 6.45) is 4.40. The fraction of sp³-hybridized carbons (Fsp3) is 0.450. The molecule has 2 heterocycles. The highest BCUT2D eigenvalue weighted by Gasteiger charge is 2.23. The third-order valence-electron chi connectivity index (χ3n) is 4.82. The zero-order valence-corrected chi connectivity index (χ0v) is 14.1. The molecule has 3 heteroatoms. The first kappa shape index (κ1) is 16.2. The standard InChI is InChI=1S/C20H27N3/c1-2-23(16-18-8-4-3-5-9-18)20-11-14-22(15-12-20)17-19-10-6-7-13-21-19/h3-10,13,20H,2,11-12,14-17H2,1H3. The van der Waals surface area contributed by atoms with Crippen LogP contribution in [0.1, 0.15) is 31.0 Å². The summed E-state index contributed by atoms with van der Waals surface area (Å²) in [7, 11) is 0. The molecule has 23 heavy (non-hydrogen) atoms. The van der Waals surface area contributed by atoms with Crippen LogP contribution in [0.4, 0.5) is 0 Å². The van der Waals surface area contributed by atoms with Crippen molar-refractivity contribution in [3.63, 3.8) is 0 Å². The molecular weight excluding hydrogens is 282 g/mol. The molecule has 0 radical (unpaired) electrons. The summed E-state index contributed by atoms with van der Waals surface area (Å²) < 4.78 is 0. The zero-order chi connectivity index (χ0) is 15.9. The summed E-state index contributed by atoms with van der Waals surface area (Å²) in [6, 6.07) is 17.7. The average molecular weight is 309 g/mol. The molecule has 1 fully saturated rings. The van der Waals surface area contributed by atoms with Gasteiger partial charge in [-0.25, -0.2) is 0 Å². The van der Waals surface area contributed by atoms with E-state index in [1.807, 2.05) is 12.3 Å². The van der Waals surface area contributed by atoms with Crippen molar-refractivity contribution in [3.05, 3.63) is 66.0 Å². The van der Waals surface area contributed by atoms with Crippen LogP contribution in [0.5, 0.6) is 0 Å². The van der Waals surface area contributed by atoms with Crippen molar-refractivity contribution in [2.45, 2.75) is 38.9 Å². The molecule has 0 N–H and O–H groups in total. The van der Waals surface area contributed by atoms with E-state index in [9.17, 15) is 0 Å². The lowest BCUT2D eigenvalue weighted by molar-refractivity contribution is 0.103. The predicted octanol–water partition coefficient (Wildman–Crippen LogP) is 3.57. The number of aromatic nitrogens is 1. The Morgan fingerprint density at radius 1 is 1.04 bits per heavy atom. The summed E-state index contributed by atoms with van der Waals surface area (Å²) in [5.74, 6) is 0. The number of hydrogen-bond acceptors (Lipinski definition) is 3. The molecule has 1 aliphatic rings. The number of pyridine rings is 1. The molecule has 0 unspecified atom stereocenters. The van der Waals surface area contributed by atoms with E-state index in [-0.39, 0.29) is 0 Å². The largest absolute Gasteiger partial charge is 0.297 e. The van der Waals surface area contributed by atoms with Crippen LogP contribution < -0.4 is 0 Å². The van der Waals surface area contributed by atoms with Gasteiger partial charge in [-0.1, -0.05) is 43.3 Å². The highest BCUT2D eigenvalue weighted by molar-refractivity contribution is 5.14. The van der Waals surface area contributed by atoms with Gasteiger partial charge in [-0.3, -0.25) is 14.8 Å². The van der Waals surface area contributed by atoms with E-state index in [1.54, 1.807) is 0 Å². The first-order chi connectivity index (χ1) is 11.3. The van der Waals surface area contributed by atoms with Crippen molar-refractivity contribution in [2.75, 3.05) is 19.6 Å². The summed E-state index contributed by atoms with van der Waals surface area (Å²) in [4.78, 5) is 9.62. The van der Waals surface area contributed by atoms with E-state index in [1.165, 1.54) is 37.2 Å². The number of hydrogen-bond donors (Lipinski definition) is 0. The third-order valence-corrected chi connectivity index (χ3v) is 4.82. The molecule has 122 valence electrons. The molecule has 1 aliphatic heterocycles. The summed E-state index contributed by atoms with van der Waals surface area (Å²) in [6.45, 7) is 7.81. The lowest BCUT2D eigenvalue weighted by Gasteiger charge is -2.38. The smallest absolute Gasteiger partial charge is 0.0543 e. The molecule has 1 saturated heterocycles. The number of piperidine rings is 1. The van der Waals surface area contributed by atoms with Crippen LogP contribution in [0.15, 0.2) is 54.7 Å². The average Bonchev–Trinajstić information content (AvgIpc) is 2.62. The maximum Gasteiger partial charge on any atom is 0.0543 e. The van der Waals surface area contributed by atoms with Crippen LogP contribution in [0.2, 0.25) is 0 Å². The number of nitrogens with zero attached hydrogens (tertiary/aromatic N) is 3. The quantitative estimate of drug-likeness (QED) is 0.813. The Balaban J connectivity index is 1.51. The second-order valence-corrected chi connectivity index (χ2v) is 6.38. The van der Waals surface area contributed by atoms with Gasteiger partial charge in [-0.15, -0.1) is 0 Å². The van der Waals surface area contributed by atoms with Gasteiger partial charge in [0.2, 0.25) is 0 Å². The topological polar surface area (TPSA) is 19.4 Å². The Hall–Kier alpha value is -1.71. The Morgan fingerprint density at radius 3 is 2.43 bits per heavy atom. The van der Waals surface area contributed by atoms with E-state index in [0.29, 0.717) is 6.04 Å². The molecule has 0 bridgehead atoms. The third kappa shape index (κ3) is 4.63. The molecule has 3 rings (SSSR count). The molecule has 0 spiro atoms. The molecule has 0 amide bonds. The molecule has 1 aromatic heterocycles. The Morgan fingerprint density at radius 2 is 1.78 bits per heavy atom. The van der Waals surface area contributed by atoms with Crippen molar-refractivity contribution in [3.8, 4) is 0 Å². The first-order valence-corrected chi connectivity index (χ1v) is 8.75. The van der Waals surface area contributed by atoms with Gasteiger partial charge in [0, 0.05) is 38.4 Å². The van der Waals surface area contributed by atoms with Gasteiger partial charge in [-0.05, 0) is 37.1 Å². The number of rotatable bonds is 6. The van der Waals surface area contributed by atoms with Crippen LogP contribution in [-0.4, -0.2) is 40.5 Å². The SMILES string of the molecule is CCN(Cc1ccccc1)C1CCN(Cc2ccccn2)CC1. The molecule has 3 nitrogen and oxygen atoms in total. The fourth-order valence-electron chi connectivity index (χ4n) is 3.48. The van der Waals surface area contributed by atoms with E-state index in [2.05, 4.69) is 64.2 Å². The van der Waals surface area contributed by atoms with Crippen LogP contribution >= 0.6 is 0 Å². The Kier molecular flexibility index (Phi) is 5.78. The van der Waals surface area contributed by atoms with Crippen molar-refractivity contribution in [1.82, 2.24) is 14.8 Å². The Labute approximate surface area is 140 Å². The van der Waals surface area contributed by atoms with Crippen LogP contribution in [0.3, 0.4) is 0 Å². The van der Waals surface area contributed by atoms with Crippen molar-refractivity contribution < 1.29 is 0 Å². The van der Waals surface area contributed by atoms with Crippen LogP contribution in [0, 0.1) is 0 Å². The molecule has 2 aromatic rings. The second kappa shape index (κ2) is 8.23. The number of likely N-dealkylation sites (tertiary alicyclic amines) is 1. The first-order valence-electron chi connectivity index (χ1n) is 8.75. The van der Waals surface area contributed by atoms with E-state index >= 15 is 0 Å². The van der Waals surface area contributed by atoms with E-state index < -0.39 is 0 Å². The minimum absolute atomic E-state index is 0.709. The van der Waals surface area contributed by atoms with Gasteiger partial charge in [0.1, 0.15) is 0 Å². The maximum absolute atomic E-state index is 4.45. The molecule has 0 aliphatic carbocycles. The van der Waals surface area contributed by atoms with Crippen LogP contribution in [0.25, 0.3) is 0 Å². The minimum atomic E-state index is 0.709. The molecular formula is C20H27N3. The van der Waals surface area contributed by atoms with Gasteiger partial charge in [0.15, 0.2) is 0 Å². The lowest BCUT2D eigenvalue weighted by atomic mass is 10.0. The normalized spacial score (nSPS) is 16.8. The molecule has 0 saturated carbocycles. The van der Waals surface area contributed by atoms with E-state index in [0.717, 1.165) is 19.6 Å². The van der Waals surface area contributed by atoms with Crippen molar-refractivity contribution in [1.29, 1.82) is 0 Å². The van der Waals surface area contributed by atoms with Gasteiger partial charge in [0.25, 0.3) is 0 Å². The monoisotopic (exact) mass is 309 g/mol. The van der Waals surface area contributed by atoms with E-state index in [4.69, 9.17) is 0 Å². The Bertz CT molecular complexity index is 562. The zero-order valence-electron chi connectivity index (χ0n) is 14.1. The summed E-state index contributed by atoms with van der Waals surface area (Å²) >= 11 is 0. The molecule has 1 aromatic carbocycles. The minimum Gasteiger partial charge on any atom is -0.297 e. The van der Waals surface area contributed by atoms with Crippen molar-refractivity contribution in [2.24, 2.45) is 0 Å². The van der Waals surface area contributed by atoms with Crippen molar-refractivity contribution >= 4 is 0 Å². The summed E-state index contributed by atoms with van der Waals surface area (Å²) in [5, 5.41) is 0. The van der Waals surface area contributed by atoms with Gasteiger partial charge < -0.3 is 0 Å². The van der Waals surface area contributed by atoms with Gasteiger partial charge in [0.05, 0.1) is 5.69 Å². The highest BCUT2D eigenvalue weighted by atomic mass is 15.2. The second-order valence-electron chi connectivity index (χ2n) is 6.38. The molecule has 0 atom stereocenters.